The molecule has 0 amide bonds. The quantitative estimate of drug-likeness (QED) is 0.319. The first-order valence-corrected chi connectivity index (χ1v) is 16.3. The first-order valence-electron chi connectivity index (χ1n) is 16.3. The van der Waals surface area contributed by atoms with Gasteiger partial charge in [-0.2, -0.15) is 4.98 Å². The van der Waals surface area contributed by atoms with E-state index in [-0.39, 0.29) is 23.5 Å². The third-order valence-corrected chi connectivity index (χ3v) is 10.3. The lowest BCUT2D eigenvalue weighted by atomic mass is 9.88. The Balaban J connectivity index is 0.978. The van der Waals surface area contributed by atoms with Gasteiger partial charge in [-0.05, 0) is 101 Å². The van der Waals surface area contributed by atoms with Crippen LogP contribution in [0.1, 0.15) is 68.9 Å². The number of fused-ring (bicyclic) bond motifs is 2. The maximum Gasteiger partial charge on any atom is 0.350 e. The molecule has 43 heavy (non-hydrogen) atoms. The lowest BCUT2D eigenvalue weighted by molar-refractivity contribution is -0.0172. The molecule has 2 aromatic rings. The fourth-order valence-corrected chi connectivity index (χ4v) is 7.72. The summed E-state index contributed by atoms with van der Waals surface area (Å²) in [5.74, 6) is 2.35. The van der Waals surface area contributed by atoms with Gasteiger partial charge in [0.2, 0.25) is 0 Å². The number of benzene rings is 1. The number of nitrogens with one attached hydrogen (secondary N) is 2. The highest BCUT2D eigenvalue weighted by Crippen LogP contribution is 2.43. The highest BCUT2D eigenvalue weighted by molar-refractivity contribution is 5.73. The van der Waals surface area contributed by atoms with Crippen molar-refractivity contribution in [3.63, 3.8) is 0 Å². The topological polar surface area (TPSA) is 122 Å². The molecule has 7 rings (SSSR count). The van der Waals surface area contributed by atoms with Gasteiger partial charge in [0.15, 0.2) is 23.0 Å². The van der Waals surface area contributed by atoms with Gasteiger partial charge in [0.25, 0.3) is 0 Å². The Labute approximate surface area is 254 Å². The van der Waals surface area contributed by atoms with Gasteiger partial charge in [-0.15, -0.1) is 0 Å². The van der Waals surface area contributed by atoms with Crippen LogP contribution in [-0.4, -0.2) is 96.8 Å². The first kappa shape index (κ1) is 29.2. The van der Waals surface area contributed by atoms with Crippen LogP contribution in [0.4, 0.5) is 11.5 Å². The molecule has 11 heteroatoms. The van der Waals surface area contributed by atoms with Gasteiger partial charge in [0.05, 0.1) is 25.1 Å². The monoisotopic (exact) mass is 593 g/mol. The van der Waals surface area contributed by atoms with Crippen LogP contribution in [-0.2, 0) is 9.47 Å². The Morgan fingerprint density at radius 2 is 1.86 bits per heavy atom. The molecule has 1 saturated carbocycles. The number of nitrogens with two attached hydrogens (primary N) is 1. The summed E-state index contributed by atoms with van der Waals surface area (Å²) in [6.07, 6.45) is 10.0. The van der Waals surface area contributed by atoms with Crippen molar-refractivity contribution in [1.29, 1.82) is 0 Å². The molecule has 5 aliphatic rings. The van der Waals surface area contributed by atoms with Gasteiger partial charge in [0, 0.05) is 38.3 Å². The summed E-state index contributed by atoms with van der Waals surface area (Å²) in [6, 6.07) is 7.35. The van der Waals surface area contributed by atoms with Crippen LogP contribution >= 0.6 is 0 Å². The van der Waals surface area contributed by atoms with Crippen molar-refractivity contribution in [2.45, 2.75) is 81.1 Å². The average molecular weight is 594 g/mol. The molecule has 4 fully saturated rings. The van der Waals surface area contributed by atoms with Crippen LogP contribution in [0.2, 0.25) is 0 Å². The number of methoxy groups -OCH3 is 1. The number of ether oxygens (including phenoxy) is 3. The van der Waals surface area contributed by atoms with E-state index in [0.717, 1.165) is 102 Å². The number of rotatable bonds is 9. The molecule has 4 N–H and O–H groups in total. The fourth-order valence-electron chi connectivity index (χ4n) is 7.72. The van der Waals surface area contributed by atoms with E-state index in [2.05, 4.69) is 43.6 Å². The number of hydrogen-bond donors (Lipinski definition) is 3. The molecule has 3 saturated heterocycles. The van der Waals surface area contributed by atoms with Crippen LogP contribution < -0.4 is 26.8 Å². The van der Waals surface area contributed by atoms with E-state index in [4.69, 9.17) is 19.9 Å². The molecule has 1 unspecified atom stereocenters. The summed E-state index contributed by atoms with van der Waals surface area (Å²) >= 11 is 0. The van der Waals surface area contributed by atoms with Crippen molar-refractivity contribution in [2.24, 2.45) is 5.73 Å². The molecule has 1 atom stereocenters. The number of nitrogens with zero attached hydrogens (tertiary/aromatic N) is 4. The molecule has 4 aliphatic heterocycles. The van der Waals surface area contributed by atoms with E-state index in [1.807, 2.05) is 6.20 Å². The number of likely N-dealkylation sites (tertiary alicyclic amines) is 1. The van der Waals surface area contributed by atoms with E-state index >= 15 is 0 Å². The predicted octanol–water partition coefficient (Wildman–Crippen LogP) is 3.14. The Kier molecular flexibility index (Phi) is 8.45. The molecular weight excluding hydrogens is 546 g/mol. The van der Waals surface area contributed by atoms with Crippen LogP contribution in [0.25, 0.3) is 0 Å². The molecule has 1 aliphatic carbocycles. The summed E-state index contributed by atoms with van der Waals surface area (Å²) in [4.78, 5) is 22.5. The molecule has 0 spiro atoms. The second-order valence-electron chi connectivity index (χ2n) is 13.1. The summed E-state index contributed by atoms with van der Waals surface area (Å²) in [5.41, 5.74) is 7.86. The third kappa shape index (κ3) is 6.21. The van der Waals surface area contributed by atoms with Gasteiger partial charge < -0.3 is 30.6 Å². The fraction of sp³-hybridized carbons (Fsp3) is 0.688. The number of aromatic nitrogens is 2. The number of epoxide rings is 1. The highest BCUT2D eigenvalue weighted by atomic mass is 16.6. The summed E-state index contributed by atoms with van der Waals surface area (Å²) in [7, 11) is 1.79. The maximum absolute atomic E-state index is 12.9. The van der Waals surface area contributed by atoms with E-state index in [1.165, 1.54) is 18.4 Å². The molecule has 0 bridgehead atoms. The molecule has 5 heterocycles. The minimum atomic E-state index is -0.236. The second-order valence-corrected chi connectivity index (χ2v) is 13.1. The first-order chi connectivity index (χ1) is 21.0. The smallest absolute Gasteiger partial charge is 0.350 e. The lowest BCUT2D eigenvalue weighted by Crippen LogP contribution is -2.56. The molecule has 0 radical (unpaired) electrons. The highest BCUT2D eigenvalue weighted by Gasteiger charge is 2.53. The zero-order chi connectivity index (χ0) is 29.4. The second kappa shape index (κ2) is 12.5. The SMILES string of the molecule is COCCN(C1CCNCC1)C1(CN2CCC(c3ccc4c(c3)Nc3nc(=O)n(C5CCC(N)CC5)cc3O4)CC2)CO1. The Bertz CT molecular complexity index is 1330. The van der Waals surface area contributed by atoms with Crippen LogP contribution in [0.3, 0.4) is 0 Å². The Morgan fingerprint density at radius 3 is 2.58 bits per heavy atom. The van der Waals surface area contributed by atoms with Crippen LogP contribution in [0.15, 0.2) is 29.2 Å². The van der Waals surface area contributed by atoms with Crippen LogP contribution in [0.5, 0.6) is 11.5 Å². The third-order valence-electron chi connectivity index (χ3n) is 10.3. The van der Waals surface area contributed by atoms with E-state index < -0.39 is 0 Å². The van der Waals surface area contributed by atoms with E-state index in [1.54, 1.807) is 11.7 Å². The van der Waals surface area contributed by atoms with Gasteiger partial charge in [-0.25, -0.2) is 4.79 Å². The Hall–Kier alpha value is -2.54. The van der Waals surface area contributed by atoms with Gasteiger partial charge in [0.1, 0.15) is 0 Å². The van der Waals surface area contributed by atoms with Crippen molar-refractivity contribution in [3.05, 3.63) is 40.4 Å². The van der Waals surface area contributed by atoms with Gasteiger partial charge in [-0.1, -0.05) is 6.07 Å². The van der Waals surface area contributed by atoms with E-state index in [0.29, 0.717) is 23.5 Å². The molecular formula is C32H47N7O4. The summed E-state index contributed by atoms with van der Waals surface area (Å²) < 4.78 is 19.7. The average Bonchev–Trinajstić information content (AvgIpc) is 3.81. The molecule has 1 aromatic carbocycles. The lowest BCUT2D eigenvalue weighted by Gasteiger charge is -2.41. The van der Waals surface area contributed by atoms with Crippen molar-refractivity contribution in [2.75, 3.05) is 64.9 Å². The van der Waals surface area contributed by atoms with Crippen molar-refractivity contribution < 1.29 is 14.2 Å². The standard InChI is InChI=1S/C32H47N7O4/c1-41-17-16-39(26-8-12-34-13-9-26)32(21-42-32)20-37-14-10-22(11-15-37)23-2-7-28-27(18-23)35-30-29(43-28)19-38(31(40)36-30)25-5-3-24(33)4-6-25/h2,7,18-19,22,24-26,34H,3-6,8-17,20-21,33H2,1H3,(H,35,36,40). The maximum atomic E-state index is 12.9. The van der Waals surface area contributed by atoms with E-state index in [9.17, 15) is 4.79 Å². The number of piperidine rings is 2. The predicted molar refractivity (Wildman–Crippen MR) is 165 cm³/mol. The van der Waals surface area contributed by atoms with Gasteiger partial charge in [-0.3, -0.25) is 14.4 Å². The minimum Gasteiger partial charge on any atom is -0.450 e. The molecule has 1 aromatic heterocycles. The van der Waals surface area contributed by atoms with Crippen molar-refractivity contribution in [1.82, 2.24) is 24.7 Å². The van der Waals surface area contributed by atoms with Crippen molar-refractivity contribution in [3.8, 4) is 11.5 Å². The van der Waals surface area contributed by atoms with Crippen LogP contribution in [0, 0.1) is 0 Å². The van der Waals surface area contributed by atoms with Crippen molar-refractivity contribution >= 4 is 11.5 Å². The summed E-state index contributed by atoms with van der Waals surface area (Å²) in [5, 5.41) is 6.89. The number of hydrogen-bond acceptors (Lipinski definition) is 10. The number of anilines is 2. The van der Waals surface area contributed by atoms with Gasteiger partial charge >= 0.3 is 5.69 Å². The molecule has 234 valence electrons. The Morgan fingerprint density at radius 1 is 1.09 bits per heavy atom. The largest absolute Gasteiger partial charge is 0.450 e. The zero-order valence-corrected chi connectivity index (χ0v) is 25.4. The molecule has 11 nitrogen and oxygen atoms in total. The normalized spacial score (nSPS) is 28.2. The summed E-state index contributed by atoms with van der Waals surface area (Å²) in [6.45, 7) is 7.68. The zero-order valence-electron chi connectivity index (χ0n) is 25.4. The minimum absolute atomic E-state index is 0.127.